The number of hydrogen-bond donors (Lipinski definition) is 1. The lowest BCUT2D eigenvalue weighted by molar-refractivity contribution is -0.116. The molecule has 29 heavy (non-hydrogen) atoms. The zero-order chi connectivity index (χ0) is 21.0. The van der Waals surface area contributed by atoms with Crippen LogP contribution in [0.25, 0.3) is 16.5 Å². The van der Waals surface area contributed by atoms with E-state index in [1.54, 1.807) is 13.2 Å². The summed E-state index contributed by atoms with van der Waals surface area (Å²) in [5, 5.41) is 3.96. The highest BCUT2D eigenvalue weighted by molar-refractivity contribution is 5.97. The van der Waals surface area contributed by atoms with Gasteiger partial charge in [-0.3, -0.25) is 4.79 Å². The highest BCUT2D eigenvalue weighted by Gasteiger charge is 2.14. The fraction of sp³-hybridized carbons (Fsp3) is 0.292. The summed E-state index contributed by atoms with van der Waals surface area (Å²) < 4.78 is 16.8. The minimum atomic E-state index is -0.152. The number of hydrogen-bond acceptors (Lipinski definition) is 4. The number of carbonyl (C=O) groups is 1. The van der Waals surface area contributed by atoms with Crippen LogP contribution in [-0.2, 0) is 11.3 Å². The van der Waals surface area contributed by atoms with Gasteiger partial charge < -0.3 is 19.2 Å². The standard InChI is InChI=1S/C24H27NO4/c1-6-28-22-13-23-21(16(3)17(4)29-23)12-20(22)15(2)11-24(26)25-14-18-7-9-19(27-5)10-8-18/h7-13H,6,14H2,1-5H3,(H,25,26)/b15-11+. The highest BCUT2D eigenvalue weighted by atomic mass is 16.5. The number of nitrogens with one attached hydrogen (secondary N) is 1. The van der Waals surface area contributed by atoms with Gasteiger partial charge in [-0.2, -0.15) is 0 Å². The Hall–Kier alpha value is -3.21. The molecule has 1 heterocycles. The van der Waals surface area contributed by atoms with E-state index in [1.807, 2.05) is 64.1 Å². The van der Waals surface area contributed by atoms with E-state index in [0.717, 1.165) is 44.7 Å². The van der Waals surface area contributed by atoms with E-state index in [2.05, 4.69) is 5.32 Å². The highest BCUT2D eigenvalue weighted by Crippen LogP contribution is 2.35. The molecule has 0 atom stereocenters. The topological polar surface area (TPSA) is 60.7 Å². The lowest BCUT2D eigenvalue weighted by Gasteiger charge is -2.11. The van der Waals surface area contributed by atoms with Crippen molar-refractivity contribution in [2.24, 2.45) is 0 Å². The van der Waals surface area contributed by atoms with Gasteiger partial charge in [0.2, 0.25) is 5.91 Å². The van der Waals surface area contributed by atoms with Gasteiger partial charge in [0.1, 0.15) is 22.8 Å². The molecule has 0 saturated heterocycles. The molecule has 0 fully saturated rings. The minimum Gasteiger partial charge on any atom is -0.497 e. The number of furan rings is 1. The largest absolute Gasteiger partial charge is 0.497 e. The van der Waals surface area contributed by atoms with Crippen molar-refractivity contribution in [3.05, 3.63) is 64.9 Å². The van der Waals surface area contributed by atoms with Gasteiger partial charge in [-0.15, -0.1) is 0 Å². The average molecular weight is 393 g/mol. The van der Waals surface area contributed by atoms with E-state index in [0.29, 0.717) is 18.9 Å². The van der Waals surface area contributed by atoms with Crippen molar-refractivity contribution in [1.82, 2.24) is 5.32 Å². The van der Waals surface area contributed by atoms with Gasteiger partial charge in [-0.05, 0) is 62.6 Å². The second-order valence-electron chi connectivity index (χ2n) is 6.95. The second kappa shape index (κ2) is 8.86. The van der Waals surface area contributed by atoms with Crippen molar-refractivity contribution in [3.63, 3.8) is 0 Å². The maximum atomic E-state index is 12.5. The van der Waals surface area contributed by atoms with Crippen LogP contribution in [0.1, 0.15) is 36.3 Å². The summed E-state index contributed by atoms with van der Waals surface area (Å²) in [6.45, 7) is 8.82. The van der Waals surface area contributed by atoms with E-state index >= 15 is 0 Å². The molecular weight excluding hydrogens is 366 g/mol. The smallest absolute Gasteiger partial charge is 0.244 e. The third kappa shape index (κ3) is 4.62. The molecule has 0 unspecified atom stereocenters. The summed E-state index contributed by atoms with van der Waals surface area (Å²) in [4.78, 5) is 12.5. The molecule has 5 heteroatoms. The number of ether oxygens (including phenoxy) is 2. The van der Waals surface area contributed by atoms with Gasteiger partial charge >= 0.3 is 0 Å². The predicted molar refractivity (Wildman–Crippen MR) is 115 cm³/mol. The lowest BCUT2D eigenvalue weighted by atomic mass is 10.0. The molecule has 0 saturated carbocycles. The van der Waals surface area contributed by atoms with Crippen LogP contribution in [-0.4, -0.2) is 19.6 Å². The number of aryl methyl sites for hydroxylation is 2. The van der Waals surface area contributed by atoms with Crippen molar-refractivity contribution in [2.45, 2.75) is 34.2 Å². The van der Waals surface area contributed by atoms with Crippen LogP contribution in [0.15, 0.2) is 46.9 Å². The summed E-state index contributed by atoms with van der Waals surface area (Å²) in [6, 6.07) is 11.6. The first-order valence-electron chi connectivity index (χ1n) is 9.69. The van der Waals surface area contributed by atoms with Crippen molar-refractivity contribution in [2.75, 3.05) is 13.7 Å². The average Bonchev–Trinajstić information content (AvgIpc) is 2.99. The zero-order valence-electron chi connectivity index (χ0n) is 17.6. The van der Waals surface area contributed by atoms with Gasteiger partial charge in [0.15, 0.2) is 0 Å². The van der Waals surface area contributed by atoms with Gasteiger partial charge in [0.05, 0.1) is 13.7 Å². The second-order valence-corrected chi connectivity index (χ2v) is 6.95. The summed E-state index contributed by atoms with van der Waals surface area (Å²) in [5.41, 5.74) is 4.62. The number of benzene rings is 2. The number of allylic oxidation sites excluding steroid dienone is 1. The van der Waals surface area contributed by atoms with E-state index < -0.39 is 0 Å². The third-order valence-electron chi connectivity index (χ3n) is 4.98. The zero-order valence-corrected chi connectivity index (χ0v) is 17.6. The molecule has 5 nitrogen and oxygen atoms in total. The third-order valence-corrected chi connectivity index (χ3v) is 4.98. The van der Waals surface area contributed by atoms with Gasteiger partial charge in [-0.1, -0.05) is 12.1 Å². The van der Waals surface area contributed by atoms with Crippen molar-refractivity contribution < 1.29 is 18.7 Å². The summed E-state index contributed by atoms with van der Waals surface area (Å²) >= 11 is 0. The fourth-order valence-corrected chi connectivity index (χ4v) is 3.21. The molecule has 0 aliphatic rings. The first-order chi connectivity index (χ1) is 13.9. The molecule has 1 N–H and O–H groups in total. The van der Waals surface area contributed by atoms with Gasteiger partial charge in [0.25, 0.3) is 0 Å². The van der Waals surface area contributed by atoms with Crippen LogP contribution in [0.5, 0.6) is 11.5 Å². The summed E-state index contributed by atoms with van der Waals surface area (Å²) in [6.07, 6.45) is 1.61. The van der Waals surface area contributed by atoms with E-state index in [-0.39, 0.29) is 5.91 Å². The Balaban J connectivity index is 1.81. The Morgan fingerprint density at radius 3 is 2.55 bits per heavy atom. The molecule has 0 spiro atoms. The number of amides is 1. The fourth-order valence-electron chi connectivity index (χ4n) is 3.21. The molecule has 0 bridgehead atoms. The van der Waals surface area contributed by atoms with Crippen molar-refractivity contribution in [1.29, 1.82) is 0 Å². The number of carbonyl (C=O) groups excluding carboxylic acids is 1. The normalized spacial score (nSPS) is 11.6. The van der Waals surface area contributed by atoms with Crippen LogP contribution in [0, 0.1) is 13.8 Å². The Bertz CT molecular complexity index is 1040. The van der Waals surface area contributed by atoms with Crippen LogP contribution < -0.4 is 14.8 Å². The number of fused-ring (bicyclic) bond motifs is 1. The van der Waals surface area contributed by atoms with Crippen molar-refractivity contribution in [3.8, 4) is 11.5 Å². The van der Waals surface area contributed by atoms with E-state index in [1.165, 1.54) is 0 Å². The van der Waals surface area contributed by atoms with Crippen LogP contribution in [0.4, 0.5) is 0 Å². The van der Waals surface area contributed by atoms with Crippen molar-refractivity contribution >= 4 is 22.4 Å². The van der Waals surface area contributed by atoms with Gasteiger partial charge in [0, 0.05) is 29.6 Å². The van der Waals surface area contributed by atoms with Crippen LogP contribution in [0.2, 0.25) is 0 Å². The monoisotopic (exact) mass is 393 g/mol. The SMILES string of the molecule is CCOc1cc2oc(C)c(C)c2cc1/C(C)=C/C(=O)NCc1ccc(OC)cc1. The Kier molecular flexibility index (Phi) is 6.27. The molecule has 2 aromatic carbocycles. The quantitative estimate of drug-likeness (QED) is 0.562. The molecule has 1 aromatic heterocycles. The maximum Gasteiger partial charge on any atom is 0.244 e. The molecule has 0 aliphatic heterocycles. The van der Waals surface area contributed by atoms with E-state index in [4.69, 9.17) is 13.9 Å². The Labute approximate surface area is 171 Å². The Morgan fingerprint density at radius 2 is 1.90 bits per heavy atom. The predicted octanol–water partition coefficient (Wildman–Crippen LogP) is 5.18. The van der Waals surface area contributed by atoms with Crippen LogP contribution >= 0.6 is 0 Å². The maximum absolute atomic E-state index is 12.5. The van der Waals surface area contributed by atoms with Gasteiger partial charge in [-0.25, -0.2) is 0 Å². The number of methoxy groups -OCH3 is 1. The molecule has 0 radical (unpaired) electrons. The molecular formula is C24H27NO4. The first kappa shape index (κ1) is 20.5. The lowest BCUT2D eigenvalue weighted by Crippen LogP contribution is -2.20. The summed E-state index contributed by atoms with van der Waals surface area (Å²) in [7, 11) is 1.63. The minimum absolute atomic E-state index is 0.152. The molecule has 3 aromatic rings. The molecule has 3 rings (SSSR count). The van der Waals surface area contributed by atoms with Crippen LogP contribution in [0.3, 0.4) is 0 Å². The van der Waals surface area contributed by atoms with E-state index in [9.17, 15) is 4.79 Å². The number of rotatable bonds is 7. The Morgan fingerprint density at radius 1 is 1.17 bits per heavy atom. The molecule has 1 amide bonds. The molecule has 152 valence electrons. The first-order valence-corrected chi connectivity index (χ1v) is 9.69. The molecule has 0 aliphatic carbocycles. The summed E-state index contributed by atoms with van der Waals surface area (Å²) in [5.74, 6) is 2.24.